The van der Waals surface area contributed by atoms with Gasteiger partial charge in [-0.2, -0.15) is 4.31 Å². The van der Waals surface area contributed by atoms with Gasteiger partial charge in [-0.1, -0.05) is 18.2 Å². The molecule has 4 rings (SSSR count). The van der Waals surface area contributed by atoms with Crippen LogP contribution in [0.3, 0.4) is 0 Å². The molecule has 0 radical (unpaired) electrons. The summed E-state index contributed by atoms with van der Waals surface area (Å²) in [5, 5.41) is 0. The quantitative estimate of drug-likeness (QED) is 0.841. The molecule has 2 aliphatic rings. The van der Waals surface area contributed by atoms with Crippen molar-refractivity contribution in [1.29, 1.82) is 0 Å². The number of nitrogens with zero attached hydrogens (tertiary/aromatic N) is 1. The number of fused-ring (bicyclic) bond motifs is 1. The van der Waals surface area contributed by atoms with Gasteiger partial charge in [0.15, 0.2) is 11.5 Å². The Hall–Kier alpha value is -2.12. The van der Waals surface area contributed by atoms with Gasteiger partial charge in [0.05, 0.1) is 10.9 Å². The van der Waals surface area contributed by atoms with E-state index < -0.39 is 16.1 Å². The van der Waals surface area contributed by atoms with Gasteiger partial charge < -0.3 is 9.47 Å². The predicted octanol–water partition coefficient (Wildman–Crippen LogP) is 3.12. The van der Waals surface area contributed by atoms with Gasteiger partial charge >= 0.3 is 0 Å². The molecule has 0 saturated carbocycles. The number of hydrogen-bond acceptors (Lipinski definition) is 4. The standard InChI is InChI=1S/C18H18FNO4S/c19-15-5-2-1-4-14(15)16-6-3-9-20(16)25(21,22)13-7-8-17-18(12-13)24-11-10-23-17/h1-2,4-5,7-8,12,16H,3,6,9-11H2. The van der Waals surface area contributed by atoms with Gasteiger partial charge in [0.1, 0.15) is 19.0 Å². The van der Waals surface area contributed by atoms with Gasteiger partial charge in [0.25, 0.3) is 0 Å². The van der Waals surface area contributed by atoms with E-state index in [2.05, 4.69) is 0 Å². The zero-order chi connectivity index (χ0) is 17.4. The van der Waals surface area contributed by atoms with Crippen molar-refractivity contribution in [2.45, 2.75) is 23.8 Å². The average molecular weight is 363 g/mol. The van der Waals surface area contributed by atoms with E-state index in [9.17, 15) is 12.8 Å². The summed E-state index contributed by atoms with van der Waals surface area (Å²) in [6, 6.07) is 10.5. The molecule has 25 heavy (non-hydrogen) atoms. The molecule has 0 aromatic heterocycles. The van der Waals surface area contributed by atoms with E-state index in [1.54, 1.807) is 24.3 Å². The van der Waals surface area contributed by atoms with E-state index in [-0.39, 0.29) is 10.7 Å². The molecule has 0 spiro atoms. The molecule has 2 heterocycles. The highest BCUT2D eigenvalue weighted by atomic mass is 32.2. The molecule has 2 aromatic rings. The smallest absolute Gasteiger partial charge is 0.243 e. The molecule has 0 amide bonds. The van der Waals surface area contributed by atoms with E-state index in [0.717, 1.165) is 0 Å². The highest BCUT2D eigenvalue weighted by Crippen LogP contribution is 2.39. The Kier molecular flexibility index (Phi) is 4.13. The van der Waals surface area contributed by atoms with Crippen LogP contribution in [0.4, 0.5) is 4.39 Å². The maximum Gasteiger partial charge on any atom is 0.243 e. The van der Waals surface area contributed by atoms with E-state index in [1.807, 2.05) is 0 Å². The van der Waals surface area contributed by atoms with Crippen LogP contribution in [0.25, 0.3) is 0 Å². The van der Waals surface area contributed by atoms with Crippen LogP contribution in [-0.2, 0) is 10.0 Å². The first-order valence-corrected chi connectivity index (χ1v) is 9.67. The second kappa shape index (κ2) is 6.31. The Morgan fingerprint density at radius 1 is 1.04 bits per heavy atom. The van der Waals surface area contributed by atoms with Crippen LogP contribution >= 0.6 is 0 Å². The van der Waals surface area contributed by atoms with Gasteiger partial charge in [0.2, 0.25) is 10.0 Å². The van der Waals surface area contributed by atoms with Gasteiger partial charge in [-0.15, -0.1) is 0 Å². The van der Waals surface area contributed by atoms with Crippen LogP contribution in [0.2, 0.25) is 0 Å². The molecule has 5 nitrogen and oxygen atoms in total. The molecule has 132 valence electrons. The van der Waals surface area contributed by atoms with Gasteiger partial charge in [-0.05, 0) is 31.0 Å². The monoisotopic (exact) mass is 363 g/mol. The summed E-state index contributed by atoms with van der Waals surface area (Å²) in [5.41, 5.74) is 0.418. The Balaban J connectivity index is 1.71. The number of benzene rings is 2. The number of rotatable bonds is 3. The first-order valence-electron chi connectivity index (χ1n) is 8.23. The lowest BCUT2D eigenvalue weighted by Crippen LogP contribution is -2.31. The van der Waals surface area contributed by atoms with Crippen LogP contribution in [0, 0.1) is 5.82 Å². The number of hydrogen-bond donors (Lipinski definition) is 0. The summed E-state index contributed by atoms with van der Waals surface area (Å²) in [7, 11) is -3.76. The lowest BCUT2D eigenvalue weighted by molar-refractivity contribution is 0.171. The zero-order valence-corrected chi connectivity index (χ0v) is 14.3. The average Bonchev–Trinajstić information content (AvgIpc) is 3.12. The van der Waals surface area contributed by atoms with Crippen LogP contribution in [0.5, 0.6) is 11.5 Å². The van der Waals surface area contributed by atoms with Crippen molar-refractivity contribution >= 4 is 10.0 Å². The second-order valence-electron chi connectivity index (χ2n) is 6.10. The van der Waals surface area contributed by atoms with Crippen LogP contribution in [0.15, 0.2) is 47.4 Å². The Morgan fingerprint density at radius 2 is 1.80 bits per heavy atom. The summed E-state index contributed by atoms with van der Waals surface area (Å²) < 4.78 is 52.7. The molecule has 0 bridgehead atoms. The molecule has 0 aliphatic carbocycles. The molecular weight excluding hydrogens is 345 g/mol. The summed E-state index contributed by atoms with van der Waals surface area (Å²) in [6.07, 6.45) is 1.30. The molecule has 1 fully saturated rings. The lowest BCUT2D eigenvalue weighted by Gasteiger charge is -2.25. The first-order chi connectivity index (χ1) is 12.1. The van der Waals surface area contributed by atoms with E-state index >= 15 is 0 Å². The Bertz CT molecular complexity index is 900. The number of sulfonamides is 1. The normalized spacial score (nSPS) is 20.6. The molecule has 2 aromatic carbocycles. The van der Waals surface area contributed by atoms with Crippen molar-refractivity contribution in [3.05, 3.63) is 53.8 Å². The number of halogens is 1. The van der Waals surface area contributed by atoms with Gasteiger partial charge in [-0.3, -0.25) is 0 Å². The minimum atomic E-state index is -3.76. The minimum Gasteiger partial charge on any atom is -0.486 e. The Labute approximate surface area is 146 Å². The highest BCUT2D eigenvalue weighted by Gasteiger charge is 2.37. The van der Waals surface area contributed by atoms with Crippen molar-refractivity contribution < 1.29 is 22.3 Å². The van der Waals surface area contributed by atoms with Crippen LogP contribution in [-0.4, -0.2) is 32.5 Å². The number of ether oxygens (including phenoxy) is 2. The third-order valence-electron chi connectivity index (χ3n) is 4.59. The van der Waals surface area contributed by atoms with Crippen molar-refractivity contribution in [1.82, 2.24) is 4.31 Å². The topological polar surface area (TPSA) is 55.8 Å². The molecule has 1 saturated heterocycles. The zero-order valence-electron chi connectivity index (χ0n) is 13.5. The van der Waals surface area contributed by atoms with Crippen molar-refractivity contribution in [3.8, 4) is 11.5 Å². The van der Waals surface area contributed by atoms with Crippen molar-refractivity contribution in [2.24, 2.45) is 0 Å². The van der Waals surface area contributed by atoms with Crippen LogP contribution in [0.1, 0.15) is 24.4 Å². The summed E-state index contributed by atoms with van der Waals surface area (Å²) in [5.74, 6) is 0.586. The van der Waals surface area contributed by atoms with E-state index in [0.29, 0.717) is 49.7 Å². The van der Waals surface area contributed by atoms with Crippen molar-refractivity contribution in [2.75, 3.05) is 19.8 Å². The lowest BCUT2D eigenvalue weighted by atomic mass is 10.1. The SMILES string of the molecule is O=S(=O)(c1ccc2c(c1)OCCO2)N1CCCC1c1ccccc1F. The van der Waals surface area contributed by atoms with E-state index in [1.165, 1.54) is 22.5 Å². The van der Waals surface area contributed by atoms with Gasteiger partial charge in [0, 0.05) is 18.2 Å². The molecule has 1 atom stereocenters. The molecule has 2 aliphatic heterocycles. The maximum absolute atomic E-state index is 14.2. The fourth-order valence-corrected chi connectivity index (χ4v) is 5.09. The Morgan fingerprint density at radius 3 is 2.60 bits per heavy atom. The fourth-order valence-electron chi connectivity index (χ4n) is 3.40. The predicted molar refractivity (Wildman–Crippen MR) is 89.7 cm³/mol. The van der Waals surface area contributed by atoms with Crippen LogP contribution < -0.4 is 9.47 Å². The molecule has 7 heteroatoms. The van der Waals surface area contributed by atoms with E-state index in [4.69, 9.17) is 9.47 Å². The highest BCUT2D eigenvalue weighted by molar-refractivity contribution is 7.89. The summed E-state index contributed by atoms with van der Waals surface area (Å²) in [4.78, 5) is 0.139. The first kappa shape index (κ1) is 16.4. The summed E-state index contributed by atoms with van der Waals surface area (Å²) in [6.45, 7) is 1.20. The summed E-state index contributed by atoms with van der Waals surface area (Å²) >= 11 is 0. The second-order valence-corrected chi connectivity index (χ2v) is 7.99. The minimum absolute atomic E-state index is 0.139. The molecule has 0 N–H and O–H groups in total. The third-order valence-corrected chi connectivity index (χ3v) is 6.49. The molecular formula is C18H18FNO4S. The fraction of sp³-hybridized carbons (Fsp3) is 0.333. The molecule has 1 unspecified atom stereocenters. The maximum atomic E-state index is 14.2. The van der Waals surface area contributed by atoms with Gasteiger partial charge in [-0.25, -0.2) is 12.8 Å². The van der Waals surface area contributed by atoms with Crippen molar-refractivity contribution in [3.63, 3.8) is 0 Å². The third kappa shape index (κ3) is 2.87. The largest absolute Gasteiger partial charge is 0.486 e.